The summed E-state index contributed by atoms with van der Waals surface area (Å²) in [5.41, 5.74) is 3.91. The Labute approximate surface area is 247 Å². The van der Waals surface area contributed by atoms with Crippen molar-refractivity contribution < 1.29 is 13.2 Å². The highest BCUT2D eigenvalue weighted by Crippen LogP contribution is 2.32. The van der Waals surface area contributed by atoms with E-state index in [9.17, 15) is 13.2 Å². The lowest BCUT2D eigenvalue weighted by Gasteiger charge is -2.34. The first kappa shape index (κ1) is 28.9. The summed E-state index contributed by atoms with van der Waals surface area (Å²) in [7, 11) is -1.23. The van der Waals surface area contributed by atoms with Crippen LogP contribution in [0.3, 0.4) is 0 Å². The van der Waals surface area contributed by atoms with Gasteiger partial charge in [0, 0.05) is 72.3 Å². The minimum Gasteiger partial charge on any atom is -0.369 e. The monoisotopic (exact) mass is 638 g/mol. The van der Waals surface area contributed by atoms with E-state index in [2.05, 4.69) is 75.2 Å². The first-order chi connectivity index (χ1) is 19.7. The summed E-state index contributed by atoms with van der Waals surface area (Å²) in [5.74, 6) is -0.0877. The highest BCUT2D eigenvalue weighted by Gasteiger charge is 2.19. The van der Waals surface area contributed by atoms with Crippen molar-refractivity contribution in [2.24, 2.45) is 0 Å². The van der Waals surface area contributed by atoms with Gasteiger partial charge in [-0.3, -0.25) is 4.79 Å². The van der Waals surface area contributed by atoms with Crippen molar-refractivity contribution in [2.75, 3.05) is 62.8 Å². The fraction of sp³-hybridized carbons (Fsp3) is 0.286. The van der Waals surface area contributed by atoms with Crippen LogP contribution in [0.2, 0.25) is 0 Å². The molecule has 3 N–H and O–H groups in total. The molecule has 0 unspecified atom stereocenters. The molecule has 0 aliphatic carbocycles. The number of sulfonamides is 1. The molecule has 1 aliphatic rings. The molecule has 1 amide bonds. The summed E-state index contributed by atoms with van der Waals surface area (Å²) in [6.45, 7) is 4.23. The van der Waals surface area contributed by atoms with Gasteiger partial charge in [0.05, 0.1) is 6.26 Å². The number of amides is 1. The van der Waals surface area contributed by atoms with E-state index < -0.39 is 15.9 Å². The highest BCUT2D eigenvalue weighted by atomic mass is 79.9. The van der Waals surface area contributed by atoms with E-state index in [1.165, 1.54) is 5.69 Å². The lowest BCUT2D eigenvalue weighted by Crippen LogP contribution is -2.44. The third-order valence-electron chi connectivity index (χ3n) is 6.71. The maximum absolute atomic E-state index is 13.2. The van der Waals surface area contributed by atoms with Gasteiger partial charge in [0.2, 0.25) is 16.0 Å². The average Bonchev–Trinajstić information content (AvgIpc) is 2.95. The van der Waals surface area contributed by atoms with Gasteiger partial charge in [-0.1, -0.05) is 34.1 Å². The van der Waals surface area contributed by atoms with Gasteiger partial charge in [0.15, 0.2) is 5.65 Å². The summed E-state index contributed by atoms with van der Waals surface area (Å²) in [4.78, 5) is 31.6. The van der Waals surface area contributed by atoms with Crippen LogP contribution in [0.1, 0.15) is 10.5 Å². The summed E-state index contributed by atoms with van der Waals surface area (Å²) >= 11 is 3.57. The third-order valence-corrected chi connectivity index (χ3v) is 8.13. The minimum atomic E-state index is -3.36. The van der Waals surface area contributed by atoms with E-state index in [0.717, 1.165) is 48.2 Å². The maximum Gasteiger partial charge on any atom is 0.270 e. The normalized spacial score (nSPS) is 14.3. The van der Waals surface area contributed by atoms with Crippen LogP contribution in [0.15, 0.2) is 65.3 Å². The molecule has 0 bridgehead atoms. The van der Waals surface area contributed by atoms with Gasteiger partial charge in [-0.25, -0.2) is 23.1 Å². The Hall–Kier alpha value is -3.65. The number of hydrogen-bond acceptors (Lipinski definition) is 9. The smallest absolute Gasteiger partial charge is 0.270 e. The van der Waals surface area contributed by atoms with Crippen LogP contribution in [0.25, 0.3) is 22.2 Å². The Morgan fingerprint density at radius 1 is 0.976 bits per heavy atom. The molecule has 41 heavy (non-hydrogen) atoms. The van der Waals surface area contributed by atoms with Crippen molar-refractivity contribution in [1.29, 1.82) is 0 Å². The van der Waals surface area contributed by atoms with Gasteiger partial charge in [-0.2, -0.15) is 4.98 Å². The molecule has 5 rings (SSSR count). The summed E-state index contributed by atoms with van der Waals surface area (Å²) in [6.07, 6.45) is 2.74. The third kappa shape index (κ3) is 7.36. The number of halogens is 1. The molecule has 0 radical (unpaired) electrons. The van der Waals surface area contributed by atoms with E-state index in [1.807, 2.05) is 42.5 Å². The van der Waals surface area contributed by atoms with Crippen LogP contribution in [0.4, 0.5) is 17.3 Å². The van der Waals surface area contributed by atoms with Crippen LogP contribution < -0.4 is 20.3 Å². The maximum atomic E-state index is 13.2. The molecule has 1 fully saturated rings. The van der Waals surface area contributed by atoms with Gasteiger partial charge in [-0.15, -0.1) is 0 Å². The predicted molar refractivity (Wildman–Crippen MR) is 165 cm³/mol. The van der Waals surface area contributed by atoms with Crippen molar-refractivity contribution in [1.82, 2.24) is 29.9 Å². The van der Waals surface area contributed by atoms with E-state index in [4.69, 9.17) is 0 Å². The molecule has 214 valence electrons. The van der Waals surface area contributed by atoms with Crippen molar-refractivity contribution in [2.45, 2.75) is 0 Å². The molecule has 4 aromatic rings. The minimum absolute atomic E-state index is 0.0619. The van der Waals surface area contributed by atoms with Gasteiger partial charge in [0.1, 0.15) is 5.69 Å². The van der Waals surface area contributed by atoms with E-state index >= 15 is 0 Å². The number of benzene rings is 2. The van der Waals surface area contributed by atoms with Crippen LogP contribution in [-0.4, -0.2) is 86.7 Å². The number of carbonyl (C=O) groups excluding carboxylic acids is 1. The number of anilines is 3. The number of hydrogen-bond donors (Lipinski definition) is 3. The molecule has 3 heterocycles. The molecular formula is C28H31BrN8O3S. The van der Waals surface area contributed by atoms with E-state index in [-0.39, 0.29) is 18.8 Å². The van der Waals surface area contributed by atoms with Crippen LogP contribution in [0, 0.1) is 0 Å². The number of pyridine rings is 1. The second-order valence-electron chi connectivity index (χ2n) is 9.86. The molecule has 11 nitrogen and oxygen atoms in total. The molecule has 0 atom stereocenters. The van der Waals surface area contributed by atoms with Gasteiger partial charge in [-0.05, 0) is 49.0 Å². The Morgan fingerprint density at radius 2 is 1.71 bits per heavy atom. The number of aromatic nitrogens is 3. The van der Waals surface area contributed by atoms with E-state index in [0.29, 0.717) is 22.5 Å². The standard InChI is InChI=1S/C28H31BrN8O3S/c1-36-13-15-37(16-14-36)21-9-7-20(8-10-21)33-28-31-18-19-17-23(22-5-3-4-6-24(22)29)25(34-26(19)35-28)27(38)30-11-12-32-41(2,39)40/h3-10,17-18,32H,11-16H2,1-2H3,(H,30,38)(H,31,33,34,35). The fourth-order valence-electron chi connectivity index (χ4n) is 4.53. The summed E-state index contributed by atoms with van der Waals surface area (Å²) in [5, 5.41) is 6.65. The SMILES string of the molecule is CN1CCN(c2ccc(Nc3ncc4cc(-c5ccccc5Br)c(C(=O)NCCNS(C)(=O)=O)nc4n3)cc2)CC1. The van der Waals surface area contributed by atoms with Crippen molar-refractivity contribution in [3.8, 4) is 11.1 Å². The number of nitrogens with one attached hydrogen (secondary N) is 3. The quantitative estimate of drug-likeness (QED) is 0.236. The number of fused-ring (bicyclic) bond motifs is 1. The lowest BCUT2D eigenvalue weighted by molar-refractivity contribution is 0.0950. The zero-order valence-corrected chi connectivity index (χ0v) is 25.2. The number of nitrogens with zero attached hydrogens (tertiary/aromatic N) is 5. The average molecular weight is 640 g/mol. The summed E-state index contributed by atoms with van der Waals surface area (Å²) in [6, 6.07) is 17.5. The first-order valence-electron chi connectivity index (χ1n) is 13.1. The van der Waals surface area contributed by atoms with Crippen molar-refractivity contribution >= 4 is 60.2 Å². The highest BCUT2D eigenvalue weighted by molar-refractivity contribution is 9.10. The van der Waals surface area contributed by atoms with Gasteiger partial charge in [0.25, 0.3) is 5.91 Å². The predicted octanol–water partition coefficient (Wildman–Crippen LogP) is 3.23. The fourth-order valence-corrected chi connectivity index (χ4v) is 5.50. The topological polar surface area (TPSA) is 132 Å². The Balaban J connectivity index is 1.40. The molecular weight excluding hydrogens is 608 g/mol. The molecule has 0 saturated carbocycles. The van der Waals surface area contributed by atoms with Crippen LogP contribution >= 0.6 is 15.9 Å². The molecule has 2 aromatic carbocycles. The van der Waals surface area contributed by atoms with Crippen LogP contribution in [0.5, 0.6) is 0 Å². The second kappa shape index (κ2) is 12.5. The molecule has 1 saturated heterocycles. The lowest BCUT2D eigenvalue weighted by atomic mass is 10.0. The number of likely N-dealkylation sites (N-methyl/N-ethyl adjacent to an activating group) is 1. The van der Waals surface area contributed by atoms with Gasteiger partial charge >= 0.3 is 0 Å². The van der Waals surface area contributed by atoms with Crippen molar-refractivity contribution in [3.05, 3.63) is 71.0 Å². The molecule has 2 aromatic heterocycles. The number of piperazine rings is 1. The first-order valence-corrected chi connectivity index (χ1v) is 15.8. The largest absolute Gasteiger partial charge is 0.369 e. The number of rotatable bonds is 9. The molecule has 13 heteroatoms. The summed E-state index contributed by atoms with van der Waals surface area (Å²) < 4.78 is 25.9. The van der Waals surface area contributed by atoms with Crippen molar-refractivity contribution in [3.63, 3.8) is 0 Å². The zero-order chi connectivity index (χ0) is 29.0. The number of carbonyl (C=O) groups is 1. The van der Waals surface area contributed by atoms with Gasteiger partial charge < -0.3 is 20.4 Å². The Kier molecular flexibility index (Phi) is 8.78. The Morgan fingerprint density at radius 3 is 2.41 bits per heavy atom. The molecule has 0 spiro atoms. The van der Waals surface area contributed by atoms with Crippen LogP contribution in [-0.2, 0) is 10.0 Å². The second-order valence-corrected chi connectivity index (χ2v) is 12.5. The van der Waals surface area contributed by atoms with E-state index in [1.54, 1.807) is 6.20 Å². The zero-order valence-electron chi connectivity index (χ0n) is 22.8. The molecule has 1 aliphatic heterocycles. The Bertz CT molecular complexity index is 1660.